The maximum atomic E-state index is 9.67. The molecule has 0 radical (unpaired) electrons. The fourth-order valence-corrected chi connectivity index (χ4v) is 5.37. The van der Waals surface area contributed by atoms with E-state index in [9.17, 15) is 5.11 Å². The Labute approximate surface area is 232 Å². The Balaban J connectivity index is 0.00000247. The molecule has 0 spiro atoms. The van der Waals surface area contributed by atoms with Crippen molar-refractivity contribution in [3.05, 3.63) is 95.1 Å². The van der Waals surface area contributed by atoms with E-state index in [1.54, 1.807) is 0 Å². The van der Waals surface area contributed by atoms with Gasteiger partial charge in [-0.1, -0.05) is 99.3 Å². The first-order valence-corrected chi connectivity index (χ1v) is 14.6. The van der Waals surface area contributed by atoms with Gasteiger partial charge in [0.25, 0.3) is 0 Å². The molecule has 0 aliphatic heterocycles. The van der Waals surface area contributed by atoms with Crippen LogP contribution in [0.1, 0.15) is 88.0 Å². The van der Waals surface area contributed by atoms with Crippen LogP contribution in [0.15, 0.2) is 72.8 Å². The largest absolute Gasteiger partial charge is 0.396 e. The molecule has 0 saturated carbocycles. The Morgan fingerprint density at radius 3 is 1.82 bits per heavy atom. The fourth-order valence-electron chi connectivity index (χ4n) is 5.37. The number of rotatable bonds is 16. The SMILES string of the molecule is C=C(C)CC(CO)CCC(CC)Cc1ccc(CCc2ccc3cc(CCCCC)ccc3c2)cc1.C=O. The lowest BCUT2D eigenvalue weighted by Gasteiger charge is -2.19. The summed E-state index contributed by atoms with van der Waals surface area (Å²) in [6.07, 6.45) is 12.8. The second-order valence-electron chi connectivity index (χ2n) is 11.1. The van der Waals surface area contributed by atoms with Crippen LogP contribution in [-0.2, 0) is 30.5 Å². The number of benzene rings is 3. The Hall–Kier alpha value is -2.71. The van der Waals surface area contributed by atoms with Crippen LogP contribution in [0.5, 0.6) is 0 Å². The quantitative estimate of drug-likeness (QED) is 0.153. The molecule has 2 heteroatoms. The third-order valence-electron chi connectivity index (χ3n) is 7.74. The second kappa shape index (κ2) is 17.7. The molecule has 0 aliphatic carbocycles. The van der Waals surface area contributed by atoms with Crippen LogP contribution in [0.3, 0.4) is 0 Å². The Bertz CT molecular complexity index is 1080. The lowest BCUT2D eigenvalue weighted by atomic mass is 9.87. The minimum Gasteiger partial charge on any atom is -0.396 e. The van der Waals surface area contributed by atoms with Gasteiger partial charge < -0.3 is 9.90 Å². The standard InChI is InChI=1S/C35H48O.CH2O/c1-5-7-8-9-30-18-20-35-25-32(19-21-34(35)24-30)16-13-29-11-14-31(15-12-29)23-28(6-2)10-17-33(26-36)22-27(3)4;1-2/h11-12,14-15,18-21,24-25,28,33,36H,3,5-10,13,16-17,22-23,26H2,1-2,4H3;1H2. The van der Waals surface area contributed by atoms with Crippen molar-refractivity contribution in [3.8, 4) is 0 Å². The minimum atomic E-state index is 0.273. The van der Waals surface area contributed by atoms with Crippen molar-refractivity contribution in [1.29, 1.82) is 0 Å². The van der Waals surface area contributed by atoms with Crippen molar-refractivity contribution in [1.82, 2.24) is 0 Å². The highest BCUT2D eigenvalue weighted by molar-refractivity contribution is 5.83. The third-order valence-corrected chi connectivity index (χ3v) is 7.74. The van der Waals surface area contributed by atoms with E-state index in [0.29, 0.717) is 11.8 Å². The zero-order valence-electron chi connectivity index (χ0n) is 24.2. The van der Waals surface area contributed by atoms with Gasteiger partial charge in [-0.25, -0.2) is 0 Å². The minimum absolute atomic E-state index is 0.273. The molecule has 2 atom stereocenters. The summed E-state index contributed by atoms with van der Waals surface area (Å²) in [5.74, 6) is 1.04. The molecule has 0 aliphatic rings. The monoisotopic (exact) mass is 514 g/mol. The Kier molecular flexibility index (Phi) is 14.7. The summed E-state index contributed by atoms with van der Waals surface area (Å²) in [6.45, 7) is 12.9. The summed E-state index contributed by atoms with van der Waals surface area (Å²) >= 11 is 0. The molecule has 1 N–H and O–H groups in total. The molecule has 0 bridgehead atoms. The average Bonchev–Trinajstić information content (AvgIpc) is 2.95. The van der Waals surface area contributed by atoms with E-state index in [0.717, 1.165) is 32.1 Å². The van der Waals surface area contributed by atoms with Crippen molar-refractivity contribution >= 4 is 17.6 Å². The van der Waals surface area contributed by atoms with Crippen LogP contribution in [-0.4, -0.2) is 18.5 Å². The van der Waals surface area contributed by atoms with E-state index >= 15 is 0 Å². The number of aliphatic hydroxyl groups is 1. The highest BCUT2D eigenvalue weighted by Crippen LogP contribution is 2.24. The predicted molar refractivity (Wildman–Crippen MR) is 165 cm³/mol. The molecule has 38 heavy (non-hydrogen) atoms. The number of hydrogen-bond donors (Lipinski definition) is 1. The lowest BCUT2D eigenvalue weighted by Crippen LogP contribution is -2.11. The van der Waals surface area contributed by atoms with Crippen LogP contribution < -0.4 is 0 Å². The smallest absolute Gasteiger partial charge is 0.106 e. The topological polar surface area (TPSA) is 37.3 Å². The number of aliphatic hydroxyl groups excluding tert-OH is 1. The summed E-state index contributed by atoms with van der Waals surface area (Å²) in [6, 6.07) is 23.3. The molecule has 0 fully saturated rings. The van der Waals surface area contributed by atoms with Crippen molar-refractivity contribution < 1.29 is 9.90 Å². The van der Waals surface area contributed by atoms with E-state index in [1.807, 2.05) is 6.79 Å². The van der Waals surface area contributed by atoms with Gasteiger partial charge in [-0.15, -0.1) is 6.58 Å². The van der Waals surface area contributed by atoms with Gasteiger partial charge in [0.2, 0.25) is 0 Å². The molecule has 3 aromatic carbocycles. The van der Waals surface area contributed by atoms with Gasteiger partial charge in [-0.05, 0) is 103 Å². The van der Waals surface area contributed by atoms with Gasteiger partial charge in [0.15, 0.2) is 0 Å². The summed E-state index contributed by atoms with van der Waals surface area (Å²) < 4.78 is 0. The average molecular weight is 515 g/mol. The normalized spacial score (nSPS) is 12.5. The van der Waals surface area contributed by atoms with Crippen LogP contribution in [0, 0.1) is 11.8 Å². The van der Waals surface area contributed by atoms with E-state index in [2.05, 4.69) is 88.0 Å². The number of hydrogen-bond acceptors (Lipinski definition) is 2. The van der Waals surface area contributed by atoms with Gasteiger partial charge in [-0.2, -0.15) is 0 Å². The molecular formula is C36H50O2. The maximum absolute atomic E-state index is 9.67. The van der Waals surface area contributed by atoms with Gasteiger partial charge >= 0.3 is 0 Å². The molecule has 0 saturated heterocycles. The van der Waals surface area contributed by atoms with Crippen molar-refractivity contribution in [2.24, 2.45) is 11.8 Å². The molecule has 2 unspecified atom stereocenters. The number of fused-ring (bicyclic) bond motifs is 1. The maximum Gasteiger partial charge on any atom is 0.106 e. The number of unbranched alkanes of at least 4 members (excludes halogenated alkanes) is 2. The number of allylic oxidation sites excluding steroid dienone is 1. The van der Waals surface area contributed by atoms with Crippen molar-refractivity contribution in [3.63, 3.8) is 0 Å². The van der Waals surface area contributed by atoms with E-state index < -0.39 is 0 Å². The van der Waals surface area contributed by atoms with Crippen LogP contribution >= 0.6 is 0 Å². The summed E-state index contributed by atoms with van der Waals surface area (Å²) in [7, 11) is 0. The van der Waals surface area contributed by atoms with Crippen LogP contribution in [0.2, 0.25) is 0 Å². The summed E-state index contributed by atoms with van der Waals surface area (Å²) in [4.78, 5) is 8.00. The first kappa shape index (κ1) is 31.5. The molecule has 206 valence electrons. The first-order chi connectivity index (χ1) is 18.5. The van der Waals surface area contributed by atoms with Crippen molar-refractivity contribution in [2.45, 2.75) is 91.4 Å². The number of carbonyl (C=O) groups is 1. The number of carbonyl (C=O) groups excluding carboxylic acids is 1. The Morgan fingerprint density at radius 1 is 0.737 bits per heavy atom. The van der Waals surface area contributed by atoms with Gasteiger partial charge in [0.05, 0.1) is 0 Å². The zero-order valence-corrected chi connectivity index (χ0v) is 24.2. The Morgan fingerprint density at radius 2 is 1.26 bits per heavy atom. The van der Waals surface area contributed by atoms with E-state index in [1.165, 1.54) is 77.1 Å². The molecule has 0 heterocycles. The summed E-state index contributed by atoms with van der Waals surface area (Å²) in [5.41, 5.74) is 6.92. The van der Waals surface area contributed by atoms with Gasteiger partial charge in [0, 0.05) is 6.61 Å². The van der Waals surface area contributed by atoms with E-state index in [-0.39, 0.29) is 6.61 Å². The highest BCUT2D eigenvalue weighted by atomic mass is 16.3. The first-order valence-electron chi connectivity index (χ1n) is 14.6. The highest BCUT2D eigenvalue weighted by Gasteiger charge is 2.13. The van der Waals surface area contributed by atoms with Gasteiger partial charge in [-0.3, -0.25) is 0 Å². The zero-order chi connectivity index (χ0) is 27.8. The predicted octanol–water partition coefficient (Wildman–Crippen LogP) is 9.10. The van der Waals surface area contributed by atoms with Crippen molar-refractivity contribution in [2.75, 3.05) is 6.61 Å². The van der Waals surface area contributed by atoms with E-state index in [4.69, 9.17) is 4.79 Å². The van der Waals surface area contributed by atoms with Crippen LogP contribution in [0.4, 0.5) is 0 Å². The lowest BCUT2D eigenvalue weighted by molar-refractivity contribution is -0.0980. The third kappa shape index (κ3) is 11.0. The number of aryl methyl sites for hydroxylation is 3. The molecular weight excluding hydrogens is 464 g/mol. The molecule has 0 amide bonds. The van der Waals surface area contributed by atoms with Gasteiger partial charge in [0.1, 0.15) is 6.79 Å². The molecule has 0 aromatic heterocycles. The molecule has 3 aromatic rings. The van der Waals surface area contributed by atoms with Crippen LogP contribution in [0.25, 0.3) is 10.8 Å². The second-order valence-corrected chi connectivity index (χ2v) is 11.1. The fraction of sp³-hybridized carbons (Fsp3) is 0.472. The summed E-state index contributed by atoms with van der Waals surface area (Å²) in [5, 5.41) is 12.4. The molecule has 2 nitrogen and oxygen atoms in total. The molecule has 3 rings (SSSR count).